The summed E-state index contributed by atoms with van der Waals surface area (Å²) in [6, 6.07) is 8.91. The number of alkyl carbamates (subject to hydrolysis) is 1. The number of alkyl halides is 3. The average molecular weight is 620 g/mol. The third-order valence-corrected chi connectivity index (χ3v) is 8.24. The Morgan fingerprint density at radius 3 is 2.60 bits per heavy atom. The van der Waals surface area contributed by atoms with Crippen LogP contribution in [0.4, 0.5) is 23.1 Å². The van der Waals surface area contributed by atoms with Gasteiger partial charge in [-0.15, -0.1) is 0 Å². The number of nitrogens with one attached hydrogen (secondary N) is 1. The van der Waals surface area contributed by atoms with Crippen molar-refractivity contribution in [3.05, 3.63) is 73.6 Å². The van der Waals surface area contributed by atoms with E-state index in [0.717, 1.165) is 11.6 Å². The fraction of sp³-hybridized carbons (Fsp3) is 0.379. The summed E-state index contributed by atoms with van der Waals surface area (Å²) in [5.41, 5.74) is -0.214. The van der Waals surface area contributed by atoms with Gasteiger partial charge in [0.05, 0.1) is 22.0 Å². The monoisotopic (exact) mass is 619 g/mol. The van der Waals surface area contributed by atoms with Crippen LogP contribution in [0.1, 0.15) is 55.2 Å². The summed E-state index contributed by atoms with van der Waals surface area (Å²) in [4.78, 5) is 18.9. The van der Waals surface area contributed by atoms with Gasteiger partial charge in [-0.3, -0.25) is 0 Å². The van der Waals surface area contributed by atoms with Gasteiger partial charge >= 0.3 is 12.3 Å². The highest BCUT2D eigenvalue weighted by Crippen LogP contribution is 2.40. The van der Waals surface area contributed by atoms with E-state index < -0.39 is 23.4 Å². The maximum Gasteiger partial charge on any atom is 0.416 e. The summed E-state index contributed by atoms with van der Waals surface area (Å²) in [7, 11) is 0. The van der Waals surface area contributed by atoms with Gasteiger partial charge in [-0.1, -0.05) is 35.1 Å². The molecule has 0 bridgehead atoms. The van der Waals surface area contributed by atoms with Crippen molar-refractivity contribution in [1.29, 1.82) is 0 Å². The third kappa shape index (κ3) is 6.87. The van der Waals surface area contributed by atoms with Crippen LogP contribution in [0.15, 0.2) is 46.6 Å². The lowest BCUT2D eigenvalue weighted by molar-refractivity contribution is -0.138. The number of amides is 1. The number of thiazole rings is 1. The van der Waals surface area contributed by atoms with Crippen LogP contribution in [0.2, 0.25) is 5.02 Å². The summed E-state index contributed by atoms with van der Waals surface area (Å²) in [5.74, 6) is -0.264. The maximum absolute atomic E-state index is 14.0. The van der Waals surface area contributed by atoms with E-state index in [4.69, 9.17) is 16.3 Å². The molecule has 13 heteroatoms. The molecule has 2 aromatic carbocycles. The van der Waals surface area contributed by atoms with Crippen LogP contribution in [0, 0.1) is 0 Å². The molecule has 2 aliphatic heterocycles. The smallest absolute Gasteiger partial charge is 0.416 e. The average Bonchev–Trinajstić information content (AvgIpc) is 3.53. The van der Waals surface area contributed by atoms with E-state index in [1.807, 2.05) is 4.90 Å². The summed E-state index contributed by atoms with van der Waals surface area (Å²) in [6.07, 6.45) is -2.36. The molecule has 1 fully saturated rings. The molecule has 3 aromatic rings. The lowest BCUT2D eigenvalue weighted by Gasteiger charge is -2.32. The Kier molecular flexibility index (Phi) is 8.21. The Bertz CT molecular complexity index is 1660. The fourth-order valence-electron chi connectivity index (χ4n) is 4.88. The molecule has 2 aliphatic rings. The number of fused-ring (bicyclic) bond motifs is 1. The normalized spacial score (nSPS) is 16.2. The highest BCUT2D eigenvalue weighted by molar-refractivity contribution is 7.17. The molecule has 3 heterocycles. The Morgan fingerprint density at radius 2 is 1.90 bits per heavy atom. The van der Waals surface area contributed by atoms with Crippen molar-refractivity contribution in [1.82, 2.24) is 10.3 Å². The minimum atomic E-state index is -4.62. The molecule has 1 saturated heterocycles. The largest absolute Gasteiger partial charge is 0.492 e. The first kappa shape index (κ1) is 29.8. The van der Waals surface area contributed by atoms with E-state index in [1.54, 1.807) is 45.2 Å². The SMILES string of the molecule is CC(C)(C)OC(=O)NC1CCN(c2nc(O)c(C(Cc3ccc(Cl)cc3C(F)(F)F)=c3ccc4c(c3)C=NN=4)s2)CC1. The quantitative estimate of drug-likeness (QED) is 0.397. The number of aromatic hydroxyl groups is 1. The van der Waals surface area contributed by atoms with E-state index in [2.05, 4.69) is 20.5 Å². The van der Waals surface area contributed by atoms with Crippen molar-refractivity contribution < 1.29 is 27.8 Å². The third-order valence-electron chi connectivity index (χ3n) is 6.84. The molecule has 222 valence electrons. The zero-order valence-corrected chi connectivity index (χ0v) is 24.7. The molecule has 0 radical (unpaired) electrons. The number of ether oxygens (including phenoxy) is 1. The van der Waals surface area contributed by atoms with Gasteiger partial charge in [-0.05, 0) is 74.2 Å². The van der Waals surface area contributed by atoms with Crippen molar-refractivity contribution in [3.8, 4) is 5.88 Å². The van der Waals surface area contributed by atoms with Gasteiger partial charge < -0.3 is 20.1 Å². The number of hydrogen-bond acceptors (Lipinski definition) is 8. The van der Waals surface area contributed by atoms with Gasteiger partial charge in [0, 0.05) is 36.1 Å². The molecule has 0 saturated carbocycles. The van der Waals surface area contributed by atoms with Gasteiger partial charge in [0.15, 0.2) is 5.13 Å². The van der Waals surface area contributed by atoms with E-state index >= 15 is 0 Å². The number of rotatable bonds is 5. The fourth-order valence-corrected chi connectivity index (χ4v) is 6.13. The molecule has 1 amide bonds. The van der Waals surface area contributed by atoms with Crippen molar-refractivity contribution in [2.75, 3.05) is 18.0 Å². The highest BCUT2D eigenvalue weighted by atomic mass is 35.5. The number of nitrogens with zero attached hydrogens (tertiary/aromatic N) is 4. The molecule has 5 rings (SSSR count). The van der Waals surface area contributed by atoms with Crippen molar-refractivity contribution in [2.45, 2.75) is 57.9 Å². The number of piperidine rings is 1. The Labute approximate surface area is 249 Å². The van der Waals surface area contributed by atoms with Gasteiger partial charge in [0.2, 0.25) is 5.88 Å². The highest BCUT2D eigenvalue weighted by Gasteiger charge is 2.34. The lowest BCUT2D eigenvalue weighted by atomic mass is 9.96. The lowest BCUT2D eigenvalue weighted by Crippen LogP contribution is -2.46. The van der Waals surface area contributed by atoms with Crippen molar-refractivity contribution in [3.63, 3.8) is 0 Å². The standard InChI is InChI=1S/C29H29ClF3N5O3S/c1-28(2,3)41-27(40)35-20-8-10-38(11-9-20)26-36-25(39)24(42-26)21(16-5-7-23-18(12-16)15-34-37-23)13-17-4-6-19(30)14-22(17)29(31,32)33/h4-7,12,14-15,20,39H,8-11,13H2,1-3H3,(H,35,40). The molecule has 0 spiro atoms. The van der Waals surface area contributed by atoms with Crippen LogP contribution in [0.3, 0.4) is 0 Å². The molecular formula is C29H29ClF3N5O3S. The van der Waals surface area contributed by atoms with Crippen molar-refractivity contribution >= 4 is 46.0 Å². The topological polar surface area (TPSA) is 99.4 Å². The van der Waals surface area contributed by atoms with Crippen LogP contribution in [-0.4, -0.2) is 47.1 Å². The Balaban J connectivity index is 1.46. The number of hydrogen-bond donors (Lipinski definition) is 2. The number of anilines is 1. The van der Waals surface area contributed by atoms with E-state index in [0.29, 0.717) is 52.1 Å². The zero-order chi connectivity index (χ0) is 30.2. The number of carbonyl (C=O) groups excluding carboxylic acids is 1. The molecule has 42 heavy (non-hydrogen) atoms. The predicted octanol–water partition coefficient (Wildman–Crippen LogP) is 5.42. The molecule has 2 N–H and O–H groups in total. The number of halogens is 4. The molecular weight excluding hydrogens is 591 g/mol. The summed E-state index contributed by atoms with van der Waals surface area (Å²) < 4.78 is 47.3. The second kappa shape index (κ2) is 11.6. The Hall–Kier alpha value is -3.64. The molecule has 1 aromatic heterocycles. The van der Waals surface area contributed by atoms with Crippen LogP contribution in [0.5, 0.6) is 5.88 Å². The second-order valence-electron chi connectivity index (χ2n) is 11.1. The number of benzene rings is 2. The van der Waals surface area contributed by atoms with Crippen molar-refractivity contribution in [2.24, 2.45) is 10.2 Å². The first-order chi connectivity index (χ1) is 19.8. The zero-order valence-electron chi connectivity index (χ0n) is 23.1. The number of aromatic nitrogens is 1. The minimum Gasteiger partial charge on any atom is -0.492 e. The van der Waals surface area contributed by atoms with Crippen LogP contribution in [0.25, 0.3) is 5.57 Å². The van der Waals surface area contributed by atoms with Crippen LogP contribution >= 0.6 is 22.9 Å². The van der Waals surface area contributed by atoms with E-state index in [9.17, 15) is 23.1 Å². The van der Waals surface area contributed by atoms with Gasteiger partial charge in [-0.2, -0.15) is 28.4 Å². The van der Waals surface area contributed by atoms with Crippen LogP contribution in [-0.2, 0) is 17.3 Å². The summed E-state index contributed by atoms with van der Waals surface area (Å²) in [5, 5.41) is 23.6. The molecule has 0 aliphatic carbocycles. The Morgan fingerprint density at radius 1 is 1.17 bits per heavy atom. The van der Waals surface area contributed by atoms with Gasteiger partial charge in [-0.25, -0.2) is 4.79 Å². The van der Waals surface area contributed by atoms with Crippen LogP contribution < -0.4 is 20.8 Å². The minimum absolute atomic E-state index is 0.0177. The first-order valence-corrected chi connectivity index (χ1v) is 14.5. The molecule has 0 atom stereocenters. The van der Waals surface area contributed by atoms with E-state index in [1.165, 1.54) is 23.5 Å². The number of carbonyl (C=O) groups is 1. The summed E-state index contributed by atoms with van der Waals surface area (Å²) >= 11 is 7.14. The first-order valence-electron chi connectivity index (χ1n) is 13.3. The molecule has 8 nitrogen and oxygen atoms in total. The maximum atomic E-state index is 14.0. The van der Waals surface area contributed by atoms with E-state index in [-0.39, 0.29) is 28.9 Å². The predicted molar refractivity (Wildman–Crippen MR) is 156 cm³/mol. The van der Waals surface area contributed by atoms with Gasteiger partial charge in [0.1, 0.15) is 5.60 Å². The molecule has 0 unspecified atom stereocenters. The second-order valence-corrected chi connectivity index (χ2v) is 12.5. The summed E-state index contributed by atoms with van der Waals surface area (Å²) in [6.45, 7) is 6.53. The van der Waals surface area contributed by atoms with Gasteiger partial charge in [0.25, 0.3) is 0 Å².